The zero-order chi connectivity index (χ0) is 21.8. The summed E-state index contributed by atoms with van der Waals surface area (Å²) in [7, 11) is 0. The van der Waals surface area contributed by atoms with Crippen molar-refractivity contribution in [2.75, 3.05) is 5.43 Å². The van der Waals surface area contributed by atoms with Crippen LogP contribution in [-0.2, 0) is 6.61 Å². The lowest BCUT2D eigenvalue weighted by Crippen LogP contribution is -1.98. The molecule has 1 N–H and O–H groups in total. The number of fused-ring (bicyclic) bond motifs is 1. The molecule has 0 bridgehead atoms. The van der Waals surface area contributed by atoms with E-state index in [4.69, 9.17) is 4.74 Å². The second-order valence-electron chi connectivity index (χ2n) is 6.38. The first-order chi connectivity index (χ1) is 15.0. The second kappa shape index (κ2) is 9.54. The van der Waals surface area contributed by atoms with Crippen molar-refractivity contribution in [2.45, 2.75) is 6.61 Å². The molecule has 3 aromatic carbocycles. The van der Waals surface area contributed by atoms with Crippen LogP contribution in [-0.4, -0.2) is 16.1 Å². The first-order valence-corrected chi connectivity index (χ1v) is 11.4. The van der Waals surface area contributed by atoms with E-state index >= 15 is 0 Å². The van der Waals surface area contributed by atoms with Crippen molar-refractivity contribution in [2.24, 2.45) is 5.10 Å². The molecule has 0 amide bonds. The molecule has 7 nitrogen and oxygen atoms in total. The Hall–Kier alpha value is -2.82. The summed E-state index contributed by atoms with van der Waals surface area (Å²) in [5.41, 5.74) is 5.63. The maximum atomic E-state index is 10.8. The molecule has 4 rings (SSSR count). The van der Waals surface area contributed by atoms with Crippen LogP contribution in [0, 0.1) is 10.1 Å². The topological polar surface area (TPSA) is 89.7 Å². The smallest absolute Gasteiger partial charge is 0.269 e. The highest BCUT2D eigenvalue weighted by Gasteiger charge is 2.10. The number of para-hydroxylation sites is 1. The Kier molecular flexibility index (Phi) is 6.59. The van der Waals surface area contributed by atoms with E-state index in [0.29, 0.717) is 5.75 Å². The summed E-state index contributed by atoms with van der Waals surface area (Å²) in [4.78, 5) is 14.8. The molecular weight excluding hydrogens is 548 g/mol. The number of hydrogen-bond acceptors (Lipinski definition) is 7. The van der Waals surface area contributed by atoms with Crippen LogP contribution in [0.5, 0.6) is 5.75 Å². The number of nitrogens with zero attached hydrogens (tertiary/aromatic N) is 3. The summed E-state index contributed by atoms with van der Waals surface area (Å²) in [5.74, 6) is 0.634. The summed E-state index contributed by atoms with van der Waals surface area (Å²) < 4.78 is 8.49. The quantitative estimate of drug-likeness (QED) is 0.153. The summed E-state index contributed by atoms with van der Waals surface area (Å²) in [5, 5.41) is 15.7. The number of aromatic nitrogens is 1. The van der Waals surface area contributed by atoms with Crippen molar-refractivity contribution in [3.63, 3.8) is 0 Å². The van der Waals surface area contributed by atoms with Gasteiger partial charge in [-0.2, -0.15) is 5.10 Å². The zero-order valence-electron chi connectivity index (χ0n) is 15.8. The molecular formula is C21H14Br2N4O3S. The van der Waals surface area contributed by atoms with Crippen LogP contribution < -0.4 is 10.2 Å². The van der Waals surface area contributed by atoms with Crippen molar-refractivity contribution in [1.29, 1.82) is 0 Å². The van der Waals surface area contributed by atoms with Crippen LogP contribution in [0.1, 0.15) is 11.1 Å². The van der Waals surface area contributed by atoms with Crippen LogP contribution in [0.2, 0.25) is 0 Å². The first kappa shape index (κ1) is 21.4. The van der Waals surface area contributed by atoms with Crippen molar-refractivity contribution < 1.29 is 9.66 Å². The van der Waals surface area contributed by atoms with Gasteiger partial charge in [-0.15, -0.1) is 0 Å². The van der Waals surface area contributed by atoms with Gasteiger partial charge in [-0.1, -0.05) is 23.5 Å². The molecule has 0 fully saturated rings. The average Bonchev–Trinajstić information content (AvgIpc) is 3.16. The first-order valence-electron chi connectivity index (χ1n) is 8.99. The Morgan fingerprint density at radius 2 is 1.84 bits per heavy atom. The molecule has 0 atom stereocenters. The monoisotopic (exact) mass is 560 g/mol. The van der Waals surface area contributed by atoms with Gasteiger partial charge in [0.1, 0.15) is 12.4 Å². The predicted octanol–water partition coefficient (Wildman–Crippen LogP) is 6.75. The number of hydrogen-bond donors (Lipinski definition) is 1. The fourth-order valence-corrected chi connectivity index (χ4v) is 5.01. The fraction of sp³-hybridized carbons (Fsp3) is 0.0476. The molecule has 10 heteroatoms. The third-order valence-electron chi connectivity index (χ3n) is 4.22. The Bertz CT molecular complexity index is 1220. The third kappa shape index (κ3) is 5.27. The minimum atomic E-state index is -0.427. The minimum Gasteiger partial charge on any atom is -0.487 e. The largest absolute Gasteiger partial charge is 0.487 e. The molecule has 1 aromatic heterocycles. The second-order valence-corrected chi connectivity index (χ2v) is 9.12. The van der Waals surface area contributed by atoms with E-state index in [1.807, 2.05) is 36.4 Å². The molecule has 31 heavy (non-hydrogen) atoms. The van der Waals surface area contributed by atoms with Gasteiger partial charge in [-0.3, -0.25) is 15.5 Å². The standard InChI is InChI=1S/C21H14Br2N4O3S/c22-16-9-14(11-24-26-21-25-18-3-1-2-4-19(18)31-21)10-17(23)20(16)30-12-13-5-7-15(8-6-13)27(28)29/h1-11H,12H2,(H,25,26)/b24-11-. The maximum absolute atomic E-state index is 10.8. The summed E-state index contributed by atoms with van der Waals surface area (Å²) in [6, 6.07) is 18.0. The van der Waals surface area contributed by atoms with E-state index < -0.39 is 4.92 Å². The Labute approximate surface area is 198 Å². The highest BCUT2D eigenvalue weighted by atomic mass is 79.9. The number of non-ortho nitro benzene ring substituents is 1. The van der Waals surface area contributed by atoms with E-state index in [1.165, 1.54) is 23.5 Å². The molecule has 4 aromatic rings. The maximum Gasteiger partial charge on any atom is 0.269 e. The van der Waals surface area contributed by atoms with Gasteiger partial charge in [-0.25, -0.2) is 4.98 Å². The van der Waals surface area contributed by atoms with Gasteiger partial charge >= 0.3 is 0 Å². The van der Waals surface area contributed by atoms with E-state index in [0.717, 1.165) is 35.4 Å². The number of ether oxygens (including phenoxy) is 1. The molecule has 0 aliphatic carbocycles. The minimum absolute atomic E-state index is 0.0502. The van der Waals surface area contributed by atoms with E-state index in [2.05, 4.69) is 47.4 Å². The summed E-state index contributed by atoms with van der Waals surface area (Å²) >= 11 is 8.59. The van der Waals surface area contributed by atoms with Crippen LogP contribution >= 0.6 is 43.2 Å². The lowest BCUT2D eigenvalue weighted by atomic mass is 10.2. The molecule has 0 saturated carbocycles. The van der Waals surface area contributed by atoms with Crippen LogP contribution in [0.25, 0.3) is 10.2 Å². The van der Waals surface area contributed by atoms with E-state index in [-0.39, 0.29) is 12.3 Å². The van der Waals surface area contributed by atoms with Gasteiger partial charge in [0.2, 0.25) is 5.13 Å². The molecule has 1 heterocycles. The zero-order valence-corrected chi connectivity index (χ0v) is 19.8. The van der Waals surface area contributed by atoms with Gasteiger partial charge in [0.05, 0.1) is 30.3 Å². The van der Waals surface area contributed by atoms with Crippen molar-refractivity contribution in [1.82, 2.24) is 4.98 Å². The highest BCUT2D eigenvalue weighted by Crippen LogP contribution is 2.35. The molecule has 0 radical (unpaired) electrons. The molecule has 156 valence electrons. The number of halogens is 2. The van der Waals surface area contributed by atoms with Crippen molar-refractivity contribution >= 4 is 70.4 Å². The van der Waals surface area contributed by atoms with E-state index in [9.17, 15) is 10.1 Å². The van der Waals surface area contributed by atoms with E-state index in [1.54, 1.807) is 18.3 Å². The Morgan fingerprint density at radius 1 is 1.13 bits per heavy atom. The number of anilines is 1. The summed E-state index contributed by atoms with van der Waals surface area (Å²) in [6.45, 7) is 0.280. The highest BCUT2D eigenvalue weighted by molar-refractivity contribution is 9.11. The number of nitrogens with one attached hydrogen (secondary N) is 1. The van der Waals surface area contributed by atoms with Gasteiger partial charge in [0.15, 0.2) is 0 Å². The van der Waals surface area contributed by atoms with Crippen LogP contribution in [0.3, 0.4) is 0 Å². The lowest BCUT2D eigenvalue weighted by Gasteiger charge is -2.11. The normalized spacial score (nSPS) is 11.2. The average molecular weight is 562 g/mol. The molecule has 0 aliphatic heterocycles. The molecule has 0 unspecified atom stereocenters. The van der Waals surface area contributed by atoms with Crippen LogP contribution in [0.15, 0.2) is 74.7 Å². The molecule has 0 spiro atoms. The number of benzene rings is 3. The third-order valence-corrected chi connectivity index (χ3v) is 6.34. The number of thiazole rings is 1. The number of hydrazone groups is 1. The van der Waals surface area contributed by atoms with Gasteiger partial charge in [-0.05, 0) is 79.4 Å². The SMILES string of the molecule is O=[N+]([O-])c1ccc(COc2c(Br)cc(/C=N\Nc3nc4ccccc4s3)cc2Br)cc1. The Morgan fingerprint density at radius 3 is 2.52 bits per heavy atom. The number of nitro groups is 1. The van der Waals surface area contributed by atoms with Gasteiger partial charge in [0, 0.05) is 12.1 Å². The summed E-state index contributed by atoms with van der Waals surface area (Å²) in [6.07, 6.45) is 1.70. The Balaban J connectivity index is 1.41. The predicted molar refractivity (Wildman–Crippen MR) is 130 cm³/mol. The van der Waals surface area contributed by atoms with Gasteiger partial charge < -0.3 is 4.74 Å². The molecule has 0 saturated heterocycles. The van der Waals surface area contributed by atoms with Crippen LogP contribution in [0.4, 0.5) is 10.8 Å². The fourth-order valence-electron chi connectivity index (χ4n) is 2.74. The lowest BCUT2D eigenvalue weighted by molar-refractivity contribution is -0.384. The molecule has 0 aliphatic rings. The number of rotatable bonds is 7. The number of nitro benzene ring substituents is 1. The van der Waals surface area contributed by atoms with Crippen molar-refractivity contribution in [3.8, 4) is 5.75 Å². The van der Waals surface area contributed by atoms with Gasteiger partial charge in [0.25, 0.3) is 5.69 Å². The van der Waals surface area contributed by atoms with Crippen molar-refractivity contribution in [3.05, 3.63) is 90.9 Å².